The fourth-order valence-electron chi connectivity index (χ4n) is 4.89. The Kier molecular flexibility index (Phi) is 8.49. The van der Waals surface area contributed by atoms with Crippen molar-refractivity contribution in [1.29, 1.82) is 0 Å². The smallest absolute Gasteiger partial charge is 0.406 e. The number of anilines is 1. The second kappa shape index (κ2) is 11.5. The number of carbonyl (C=O) groups excluding carboxylic acids is 2. The van der Waals surface area contributed by atoms with Gasteiger partial charge in [-0.25, -0.2) is 8.78 Å². The molecule has 1 amide bonds. The van der Waals surface area contributed by atoms with E-state index in [2.05, 4.69) is 4.74 Å². The molecular formula is C29H27F5NO4P. The summed E-state index contributed by atoms with van der Waals surface area (Å²) in [5, 5.41) is 0.413. The molecular weight excluding hydrogens is 552 g/mol. The van der Waals surface area contributed by atoms with Gasteiger partial charge in [-0.05, 0) is 61.6 Å². The Morgan fingerprint density at radius 3 is 2.30 bits per heavy atom. The third-order valence-corrected chi connectivity index (χ3v) is 8.26. The Morgan fingerprint density at radius 2 is 1.65 bits per heavy atom. The van der Waals surface area contributed by atoms with Gasteiger partial charge in [0, 0.05) is 36.2 Å². The van der Waals surface area contributed by atoms with E-state index < -0.39 is 42.7 Å². The number of amides is 1. The minimum absolute atomic E-state index is 0.0661. The molecule has 212 valence electrons. The SMILES string of the molecule is CP(C)(=O)c1ccccc1-c1ccc(N2CCC[C@@H](CC(=O)Cc3ccc(OC(F)(F)F)cc3)C2=O)c(F)c1F. The average molecular weight is 580 g/mol. The monoisotopic (exact) mass is 579 g/mol. The van der Waals surface area contributed by atoms with Crippen molar-refractivity contribution < 1.29 is 40.8 Å². The lowest BCUT2D eigenvalue weighted by atomic mass is 9.90. The van der Waals surface area contributed by atoms with Crippen molar-refractivity contribution in [3.05, 3.63) is 77.9 Å². The van der Waals surface area contributed by atoms with Crippen LogP contribution in [0.25, 0.3) is 11.1 Å². The molecule has 1 fully saturated rings. The van der Waals surface area contributed by atoms with Gasteiger partial charge in [0.1, 0.15) is 18.7 Å². The number of hydrogen-bond donors (Lipinski definition) is 0. The molecule has 0 bridgehead atoms. The van der Waals surface area contributed by atoms with Gasteiger partial charge in [0.05, 0.1) is 5.69 Å². The van der Waals surface area contributed by atoms with Gasteiger partial charge in [0.15, 0.2) is 11.6 Å². The van der Waals surface area contributed by atoms with E-state index in [1.807, 2.05) is 0 Å². The lowest BCUT2D eigenvalue weighted by Gasteiger charge is -2.32. The highest BCUT2D eigenvalue weighted by atomic mass is 31.2. The predicted molar refractivity (Wildman–Crippen MR) is 142 cm³/mol. The Labute approximate surface area is 228 Å². The zero-order valence-electron chi connectivity index (χ0n) is 21.8. The zero-order chi connectivity index (χ0) is 29.2. The van der Waals surface area contributed by atoms with Crippen LogP contribution in [0.4, 0.5) is 27.6 Å². The van der Waals surface area contributed by atoms with Crippen LogP contribution in [0.1, 0.15) is 24.8 Å². The van der Waals surface area contributed by atoms with Gasteiger partial charge >= 0.3 is 6.36 Å². The van der Waals surface area contributed by atoms with Gasteiger partial charge in [-0.1, -0.05) is 36.4 Å². The summed E-state index contributed by atoms with van der Waals surface area (Å²) < 4.78 is 84.3. The highest BCUT2D eigenvalue weighted by molar-refractivity contribution is 7.70. The van der Waals surface area contributed by atoms with E-state index in [-0.39, 0.29) is 36.4 Å². The van der Waals surface area contributed by atoms with E-state index in [0.717, 1.165) is 17.0 Å². The lowest BCUT2D eigenvalue weighted by Crippen LogP contribution is -2.42. The molecule has 4 rings (SSSR count). The Morgan fingerprint density at radius 1 is 0.975 bits per heavy atom. The molecule has 1 aliphatic heterocycles. The fourth-order valence-corrected chi connectivity index (χ4v) is 6.11. The summed E-state index contributed by atoms with van der Waals surface area (Å²) in [4.78, 5) is 27.0. The molecule has 0 radical (unpaired) electrons. The number of benzene rings is 3. The van der Waals surface area contributed by atoms with E-state index in [1.165, 1.54) is 24.3 Å². The molecule has 40 heavy (non-hydrogen) atoms. The number of hydrogen-bond acceptors (Lipinski definition) is 4. The Hall–Kier alpha value is -3.52. The van der Waals surface area contributed by atoms with Crippen LogP contribution in [-0.4, -0.2) is 37.9 Å². The van der Waals surface area contributed by atoms with Crippen LogP contribution >= 0.6 is 7.14 Å². The zero-order valence-corrected chi connectivity index (χ0v) is 22.7. The molecule has 11 heteroatoms. The van der Waals surface area contributed by atoms with E-state index in [1.54, 1.807) is 37.6 Å². The van der Waals surface area contributed by atoms with Gasteiger partial charge in [0.25, 0.3) is 0 Å². The van der Waals surface area contributed by atoms with Gasteiger partial charge in [-0.2, -0.15) is 0 Å². The summed E-state index contributed by atoms with van der Waals surface area (Å²) in [6, 6.07) is 14.0. The number of alkyl halides is 3. The number of Topliss-reactive ketones (excluding diaryl/α,β-unsaturated/α-hetero) is 1. The first-order valence-electron chi connectivity index (χ1n) is 12.6. The van der Waals surface area contributed by atoms with Gasteiger partial charge < -0.3 is 14.2 Å². The minimum Gasteiger partial charge on any atom is -0.406 e. The van der Waals surface area contributed by atoms with Crippen LogP contribution in [0.15, 0.2) is 60.7 Å². The second-order valence-electron chi connectivity index (χ2n) is 10.1. The van der Waals surface area contributed by atoms with Gasteiger partial charge in [0.2, 0.25) is 5.91 Å². The molecule has 0 aliphatic carbocycles. The number of rotatable bonds is 8. The largest absolute Gasteiger partial charge is 0.573 e. The van der Waals surface area contributed by atoms with E-state index in [9.17, 15) is 27.3 Å². The topological polar surface area (TPSA) is 63.7 Å². The number of nitrogens with zero attached hydrogens (tertiary/aromatic N) is 1. The highest BCUT2D eigenvalue weighted by Crippen LogP contribution is 2.41. The number of piperidine rings is 1. The Bertz CT molecular complexity index is 1470. The summed E-state index contributed by atoms with van der Waals surface area (Å²) in [6.45, 7) is 3.23. The number of carbonyl (C=O) groups is 2. The van der Waals surface area contributed by atoms with Crippen LogP contribution in [0, 0.1) is 17.6 Å². The van der Waals surface area contributed by atoms with Gasteiger partial charge in [-0.15, -0.1) is 13.2 Å². The van der Waals surface area contributed by atoms with Crippen LogP contribution in [0.3, 0.4) is 0 Å². The summed E-state index contributed by atoms with van der Waals surface area (Å²) in [7, 11) is -2.80. The summed E-state index contributed by atoms with van der Waals surface area (Å²) in [5.41, 5.74) is 0.457. The molecule has 1 atom stereocenters. The molecule has 0 spiro atoms. The first kappa shape index (κ1) is 29.5. The maximum Gasteiger partial charge on any atom is 0.573 e. The summed E-state index contributed by atoms with van der Waals surface area (Å²) in [5.74, 6) is -4.36. The quantitative estimate of drug-likeness (QED) is 0.220. The van der Waals surface area contributed by atoms with Crippen LogP contribution < -0.4 is 14.9 Å². The molecule has 0 saturated carbocycles. The molecule has 1 aliphatic rings. The van der Waals surface area contributed by atoms with Crippen molar-refractivity contribution in [2.24, 2.45) is 5.92 Å². The normalized spacial score (nSPS) is 16.2. The lowest BCUT2D eigenvalue weighted by molar-refractivity contribution is -0.274. The average Bonchev–Trinajstić information content (AvgIpc) is 2.87. The maximum atomic E-state index is 15.4. The Balaban J connectivity index is 1.49. The molecule has 5 nitrogen and oxygen atoms in total. The number of halogens is 5. The van der Waals surface area contributed by atoms with Crippen molar-refractivity contribution in [2.75, 3.05) is 24.8 Å². The van der Waals surface area contributed by atoms with Crippen molar-refractivity contribution in [3.8, 4) is 16.9 Å². The molecule has 0 unspecified atom stereocenters. The van der Waals surface area contributed by atoms with Crippen molar-refractivity contribution in [2.45, 2.75) is 32.0 Å². The third kappa shape index (κ3) is 6.78. The van der Waals surface area contributed by atoms with Crippen LogP contribution in [-0.2, 0) is 20.6 Å². The third-order valence-electron chi connectivity index (χ3n) is 6.71. The van der Waals surface area contributed by atoms with Crippen LogP contribution in [0.2, 0.25) is 0 Å². The van der Waals surface area contributed by atoms with Crippen molar-refractivity contribution in [1.82, 2.24) is 0 Å². The first-order chi connectivity index (χ1) is 18.7. The number of ether oxygens (including phenoxy) is 1. The molecule has 1 saturated heterocycles. The number of ketones is 1. The first-order valence-corrected chi connectivity index (χ1v) is 15.2. The van der Waals surface area contributed by atoms with Crippen molar-refractivity contribution in [3.63, 3.8) is 0 Å². The molecule has 3 aromatic rings. The fraction of sp³-hybridized carbons (Fsp3) is 0.310. The second-order valence-corrected chi connectivity index (χ2v) is 13.3. The highest BCUT2D eigenvalue weighted by Gasteiger charge is 2.34. The summed E-state index contributed by atoms with van der Waals surface area (Å²) >= 11 is 0. The van der Waals surface area contributed by atoms with Crippen molar-refractivity contribution >= 4 is 29.8 Å². The molecule has 0 N–H and O–H groups in total. The van der Waals surface area contributed by atoms with E-state index in [0.29, 0.717) is 29.3 Å². The molecule has 3 aromatic carbocycles. The standard InChI is InChI=1S/C29H27F5NO4P/c1-40(2,38)25-8-4-3-7-22(25)23-13-14-24(27(31)26(23)30)35-15-5-6-19(28(35)37)17-20(36)16-18-9-11-21(12-10-18)39-29(32,33)34/h3-4,7-14,19H,5-6,15-17H2,1-2H3/t19-/m0/s1. The predicted octanol–water partition coefficient (Wildman–Crippen LogP) is 6.72. The maximum absolute atomic E-state index is 15.4. The van der Waals surface area contributed by atoms with E-state index >= 15 is 8.78 Å². The molecule has 0 aromatic heterocycles. The van der Waals surface area contributed by atoms with Crippen LogP contribution in [0.5, 0.6) is 5.75 Å². The van der Waals surface area contributed by atoms with E-state index in [4.69, 9.17) is 0 Å². The summed E-state index contributed by atoms with van der Waals surface area (Å²) in [6.07, 6.45) is -4.22. The van der Waals surface area contributed by atoms with Gasteiger partial charge in [-0.3, -0.25) is 9.59 Å². The molecule has 1 heterocycles. The minimum atomic E-state index is -4.83.